The molecule has 0 aliphatic carbocycles. The Morgan fingerprint density at radius 2 is 1.92 bits per heavy atom. The van der Waals surface area contributed by atoms with Crippen LogP contribution in [0.2, 0.25) is 0 Å². The van der Waals surface area contributed by atoms with Crippen LogP contribution in [0.15, 0.2) is 53.4 Å². The highest BCUT2D eigenvalue weighted by Crippen LogP contribution is 2.37. The molecular weight excluding hydrogens is 530 g/mol. The van der Waals surface area contributed by atoms with Crippen LogP contribution in [0.3, 0.4) is 0 Å². The average Bonchev–Trinajstić information content (AvgIpc) is 3.21. The van der Waals surface area contributed by atoms with Crippen molar-refractivity contribution in [3.63, 3.8) is 0 Å². The van der Waals surface area contributed by atoms with Gasteiger partial charge in [0.15, 0.2) is 0 Å². The molecule has 3 heterocycles. The maximum absolute atomic E-state index is 13.5. The van der Waals surface area contributed by atoms with Crippen LogP contribution in [-0.2, 0) is 20.9 Å². The van der Waals surface area contributed by atoms with Gasteiger partial charge in [0.2, 0.25) is 0 Å². The lowest BCUT2D eigenvalue weighted by atomic mass is 9.96. The summed E-state index contributed by atoms with van der Waals surface area (Å²) in [6.45, 7) is 6.05. The van der Waals surface area contributed by atoms with Crippen molar-refractivity contribution in [1.82, 2.24) is 9.88 Å². The van der Waals surface area contributed by atoms with Gasteiger partial charge in [-0.25, -0.2) is 4.98 Å². The number of hydrogen-bond acceptors (Lipinski definition) is 8. The molecule has 1 amide bonds. The van der Waals surface area contributed by atoms with Gasteiger partial charge in [0.05, 0.1) is 36.6 Å². The van der Waals surface area contributed by atoms with E-state index in [9.17, 15) is 9.59 Å². The summed E-state index contributed by atoms with van der Waals surface area (Å²) in [7, 11) is 1.63. The van der Waals surface area contributed by atoms with Crippen molar-refractivity contribution in [3.8, 4) is 5.75 Å². The number of thiocarbonyl (C=S) groups is 1. The third-order valence-corrected chi connectivity index (χ3v) is 8.51. The minimum atomic E-state index is -0.125. The van der Waals surface area contributed by atoms with Gasteiger partial charge in [-0.05, 0) is 62.1 Å². The van der Waals surface area contributed by atoms with Crippen molar-refractivity contribution in [2.75, 3.05) is 31.7 Å². The number of methoxy groups -OCH3 is 1. The van der Waals surface area contributed by atoms with Crippen molar-refractivity contribution in [2.24, 2.45) is 5.92 Å². The van der Waals surface area contributed by atoms with Crippen molar-refractivity contribution in [1.29, 1.82) is 0 Å². The Bertz CT molecular complexity index is 1450. The molecule has 9 heteroatoms. The molecule has 202 valence electrons. The van der Waals surface area contributed by atoms with Gasteiger partial charge in [0.1, 0.15) is 15.9 Å². The van der Waals surface area contributed by atoms with E-state index >= 15 is 0 Å². The Kier molecular flexibility index (Phi) is 8.18. The molecule has 0 radical (unpaired) electrons. The number of aryl methyl sites for hydroxylation is 1. The molecule has 2 aliphatic rings. The van der Waals surface area contributed by atoms with Crippen LogP contribution in [0.1, 0.15) is 36.5 Å². The zero-order chi connectivity index (χ0) is 27.5. The summed E-state index contributed by atoms with van der Waals surface area (Å²) in [5.74, 6) is 1.25. The van der Waals surface area contributed by atoms with Crippen molar-refractivity contribution in [3.05, 3.63) is 70.1 Å². The predicted octanol–water partition coefficient (Wildman–Crippen LogP) is 5.73. The summed E-state index contributed by atoms with van der Waals surface area (Å²) in [4.78, 5) is 35.3. The second kappa shape index (κ2) is 11.8. The van der Waals surface area contributed by atoms with E-state index in [1.165, 1.54) is 11.8 Å². The number of esters is 1. The van der Waals surface area contributed by atoms with Crippen LogP contribution >= 0.6 is 24.0 Å². The predicted molar refractivity (Wildman–Crippen MR) is 160 cm³/mol. The second-order valence-electron chi connectivity index (χ2n) is 9.68. The number of para-hydroxylation sites is 1. The van der Waals surface area contributed by atoms with Crippen molar-refractivity contribution < 1.29 is 19.1 Å². The molecule has 2 saturated heterocycles. The Balaban J connectivity index is 1.44. The molecule has 5 rings (SSSR count). The number of amides is 1. The number of carbonyl (C=O) groups is 2. The minimum Gasteiger partial charge on any atom is -0.497 e. The first-order chi connectivity index (χ1) is 18.9. The normalized spacial score (nSPS) is 17.4. The Morgan fingerprint density at radius 3 is 2.62 bits per heavy atom. The Labute approximate surface area is 238 Å². The number of hydrogen-bond donors (Lipinski definition) is 0. The van der Waals surface area contributed by atoms with Gasteiger partial charge in [-0.1, -0.05) is 54.3 Å². The molecule has 1 aromatic heterocycles. The molecule has 39 heavy (non-hydrogen) atoms. The highest BCUT2D eigenvalue weighted by atomic mass is 32.2. The quantitative estimate of drug-likeness (QED) is 0.206. The molecule has 2 fully saturated rings. The van der Waals surface area contributed by atoms with Crippen LogP contribution < -0.4 is 9.64 Å². The molecule has 2 aromatic carbocycles. The molecule has 0 atom stereocenters. The van der Waals surface area contributed by atoms with Crippen LogP contribution in [0, 0.1) is 12.8 Å². The molecule has 0 spiro atoms. The SMILES string of the molecule is CCOC(=O)C1CCN(c2nc3c(C)cccc3cc2/C=C2\SC(=S)N(Cc3ccc(OC)cc3)C2=O)CC1. The van der Waals surface area contributed by atoms with Gasteiger partial charge in [0, 0.05) is 24.0 Å². The topological polar surface area (TPSA) is 72.0 Å². The monoisotopic (exact) mass is 561 g/mol. The fourth-order valence-electron chi connectivity index (χ4n) is 4.99. The minimum absolute atomic E-state index is 0.0963. The van der Waals surface area contributed by atoms with Gasteiger partial charge in [-0.2, -0.15) is 0 Å². The van der Waals surface area contributed by atoms with Gasteiger partial charge >= 0.3 is 5.97 Å². The van der Waals surface area contributed by atoms with E-state index in [1.807, 2.05) is 49.4 Å². The summed E-state index contributed by atoms with van der Waals surface area (Å²) in [5, 5.41) is 1.01. The summed E-state index contributed by atoms with van der Waals surface area (Å²) in [6, 6.07) is 15.8. The Hall–Kier alpha value is -3.43. The van der Waals surface area contributed by atoms with E-state index in [2.05, 4.69) is 24.0 Å². The molecule has 2 aliphatic heterocycles. The molecular formula is C30H31N3O4S2. The second-order valence-corrected chi connectivity index (χ2v) is 11.4. The lowest BCUT2D eigenvalue weighted by molar-refractivity contribution is -0.148. The molecule has 7 nitrogen and oxygen atoms in total. The molecule has 0 N–H and O–H groups in total. The van der Waals surface area contributed by atoms with E-state index in [1.54, 1.807) is 12.0 Å². The average molecular weight is 562 g/mol. The van der Waals surface area contributed by atoms with Gasteiger partial charge in [-0.3, -0.25) is 14.5 Å². The van der Waals surface area contributed by atoms with Gasteiger partial charge in [0.25, 0.3) is 5.91 Å². The largest absolute Gasteiger partial charge is 0.497 e. The number of thioether (sulfide) groups is 1. The van der Waals surface area contributed by atoms with Crippen LogP contribution in [0.25, 0.3) is 17.0 Å². The number of rotatable bonds is 7. The molecule has 3 aromatic rings. The van der Waals surface area contributed by atoms with Crippen molar-refractivity contribution >= 4 is 63.0 Å². The zero-order valence-corrected chi connectivity index (χ0v) is 23.9. The number of nitrogens with zero attached hydrogens (tertiary/aromatic N) is 3. The number of benzene rings is 2. The van der Waals surface area contributed by atoms with Crippen LogP contribution in [0.4, 0.5) is 5.82 Å². The lowest BCUT2D eigenvalue weighted by Gasteiger charge is -2.33. The first kappa shape index (κ1) is 27.1. The lowest BCUT2D eigenvalue weighted by Crippen LogP contribution is -2.37. The molecule has 0 bridgehead atoms. The third-order valence-electron chi connectivity index (χ3n) is 7.13. The summed E-state index contributed by atoms with van der Waals surface area (Å²) in [6.07, 6.45) is 3.32. The summed E-state index contributed by atoms with van der Waals surface area (Å²) >= 11 is 6.92. The van der Waals surface area contributed by atoms with Crippen LogP contribution in [0.5, 0.6) is 5.75 Å². The number of piperidine rings is 1. The van der Waals surface area contributed by atoms with E-state index in [0.29, 0.717) is 48.3 Å². The number of carbonyl (C=O) groups excluding carboxylic acids is 2. The summed E-state index contributed by atoms with van der Waals surface area (Å²) in [5.41, 5.74) is 3.87. The van der Waals surface area contributed by atoms with Crippen molar-refractivity contribution in [2.45, 2.75) is 33.2 Å². The van der Waals surface area contributed by atoms with Gasteiger partial charge in [-0.15, -0.1) is 0 Å². The van der Waals surface area contributed by atoms with E-state index in [-0.39, 0.29) is 17.8 Å². The molecule has 0 unspecified atom stereocenters. The smallest absolute Gasteiger partial charge is 0.309 e. The van der Waals surface area contributed by atoms with Gasteiger partial charge < -0.3 is 14.4 Å². The number of fused-ring (bicyclic) bond motifs is 1. The maximum atomic E-state index is 13.5. The molecule has 0 saturated carbocycles. The summed E-state index contributed by atoms with van der Waals surface area (Å²) < 4.78 is 11.0. The zero-order valence-electron chi connectivity index (χ0n) is 22.3. The van der Waals surface area contributed by atoms with E-state index < -0.39 is 0 Å². The van der Waals surface area contributed by atoms with E-state index in [0.717, 1.165) is 39.2 Å². The highest BCUT2D eigenvalue weighted by Gasteiger charge is 2.33. The fourth-order valence-corrected chi connectivity index (χ4v) is 6.24. The Morgan fingerprint density at radius 1 is 1.18 bits per heavy atom. The van der Waals surface area contributed by atoms with Crippen LogP contribution in [-0.4, -0.2) is 52.9 Å². The highest BCUT2D eigenvalue weighted by molar-refractivity contribution is 8.26. The number of anilines is 1. The first-order valence-electron chi connectivity index (χ1n) is 13.1. The number of aromatic nitrogens is 1. The number of pyridine rings is 1. The fraction of sp³-hybridized carbons (Fsp3) is 0.333. The third kappa shape index (κ3) is 5.79. The maximum Gasteiger partial charge on any atom is 0.309 e. The standard InChI is InChI=1S/C30H31N3O4S2/c1-4-37-29(35)21-12-14-32(15-13-21)27-23(16-22-7-5-6-19(2)26(22)31-27)17-25-28(34)33(30(38)39-25)18-20-8-10-24(36-3)11-9-20/h5-11,16-17,21H,4,12-15,18H2,1-3H3/b25-17-. The first-order valence-corrected chi connectivity index (χ1v) is 14.3. The number of ether oxygens (including phenoxy) is 2. The van der Waals surface area contributed by atoms with E-state index in [4.69, 9.17) is 26.7 Å².